The molecule has 0 aliphatic carbocycles. The Balaban J connectivity index is 2.13. The van der Waals surface area contributed by atoms with Gasteiger partial charge in [0.2, 0.25) is 0 Å². The van der Waals surface area contributed by atoms with Crippen LogP contribution in [-0.4, -0.2) is 9.97 Å². The summed E-state index contributed by atoms with van der Waals surface area (Å²) in [6.07, 6.45) is 1.71. The van der Waals surface area contributed by atoms with Crippen LogP contribution in [0.4, 0.5) is 0 Å². The second-order valence-corrected chi connectivity index (χ2v) is 5.01. The predicted molar refractivity (Wildman–Crippen MR) is 87.0 cm³/mol. The Labute approximate surface area is 127 Å². The molecule has 4 heteroatoms. The van der Waals surface area contributed by atoms with Crippen molar-refractivity contribution in [2.24, 2.45) is 0 Å². The molecule has 0 fully saturated rings. The molecule has 0 amide bonds. The van der Waals surface area contributed by atoms with Gasteiger partial charge < -0.3 is 4.98 Å². The summed E-state index contributed by atoms with van der Waals surface area (Å²) in [5.74, 6) is 0.284. The number of nitrogens with zero attached hydrogens (tertiary/aromatic N) is 2. The van der Waals surface area contributed by atoms with Gasteiger partial charge in [-0.2, -0.15) is 5.26 Å². The number of nitriles is 1. The number of rotatable bonds is 2. The van der Waals surface area contributed by atoms with Crippen molar-refractivity contribution >= 4 is 22.6 Å². The third-order valence-electron chi connectivity index (χ3n) is 3.38. The first-order chi connectivity index (χ1) is 10.7. The van der Waals surface area contributed by atoms with E-state index in [9.17, 15) is 10.1 Å². The molecule has 3 rings (SSSR count). The van der Waals surface area contributed by atoms with Crippen LogP contribution >= 0.6 is 0 Å². The van der Waals surface area contributed by atoms with Gasteiger partial charge in [-0.1, -0.05) is 42.0 Å². The number of fused-ring (bicyclic) bond motifs is 1. The average Bonchev–Trinajstić information content (AvgIpc) is 2.54. The SMILES string of the molecule is Cc1ccc(/C=C(\C#N)c2nc3ccccc3c(=O)[nH]2)cc1. The Kier molecular flexibility index (Phi) is 3.55. The van der Waals surface area contributed by atoms with Crippen LogP contribution in [0, 0.1) is 18.3 Å². The number of benzene rings is 2. The number of hydrogen-bond acceptors (Lipinski definition) is 3. The molecule has 3 aromatic rings. The largest absolute Gasteiger partial charge is 0.305 e. The van der Waals surface area contributed by atoms with Crippen LogP contribution in [0.5, 0.6) is 0 Å². The lowest BCUT2D eigenvalue weighted by atomic mass is 10.1. The summed E-state index contributed by atoms with van der Waals surface area (Å²) in [7, 11) is 0. The van der Waals surface area contributed by atoms with Crippen LogP contribution in [0.2, 0.25) is 0 Å². The molecule has 1 N–H and O–H groups in total. The van der Waals surface area contributed by atoms with Crippen LogP contribution in [0.1, 0.15) is 17.0 Å². The summed E-state index contributed by atoms with van der Waals surface area (Å²) in [6, 6.07) is 17.0. The molecule has 0 aliphatic heterocycles. The van der Waals surface area contributed by atoms with Gasteiger partial charge in [0.1, 0.15) is 6.07 Å². The van der Waals surface area contributed by atoms with E-state index < -0.39 is 0 Å². The van der Waals surface area contributed by atoms with Crippen molar-refractivity contribution in [1.82, 2.24) is 9.97 Å². The molecule has 0 atom stereocenters. The Bertz CT molecular complexity index is 960. The minimum atomic E-state index is -0.245. The Hall–Kier alpha value is -3.19. The standard InChI is InChI=1S/C18H13N3O/c1-12-6-8-13(9-7-12)10-14(11-19)17-20-16-5-3-2-4-15(16)18(22)21-17/h2-10H,1H3,(H,20,21,22)/b14-10+. The maximum atomic E-state index is 12.1. The van der Waals surface area contributed by atoms with E-state index >= 15 is 0 Å². The number of allylic oxidation sites excluding steroid dienone is 1. The van der Waals surface area contributed by atoms with Crippen molar-refractivity contribution in [2.75, 3.05) is 0 Å². The zero-order valence-corrected chi connectivity index (χ0v) is 12.0. The van der Waals surface area contributed by atoms with Gasteiger partial charge in [0.15, 0.2) is 5.82 Å². The number of H-pyrrole nitrogens is 1. The van der Waals surface area contributed by atoms with Gasteiger partial charge in [-0.05, 0) is 30.7 Å². The van der Waals surface area contributed by atoms with Gasteiger partial charge >= 0.3 is 0 Å². The molecule has 22 heavy (non-hydrogen) atoms. The highest BCUT2D eigenvalue weighted by atomic mass is 16.1. The van der Waals surface area contributed by atoms with E-state index in [-0.39, 0.29) is 11.4 Å². The fourth-order valence-electron chi connectivity index (χ4n) is 2.20. The third kappa shape index (κ3) is 2.65. The summed E-state index contributed by atoms with van der Waals surface area (Å²) >= 11 is 0. The molecule has 0 bridgehead atoms. The topological polar surface area (TPSA) is 69.5 Å². The number of aromatic amines is 1. The average molecular weight is 287 g/mol. The van der Waals surface area contributed by atoms with E-state index in [1.54, 1.807) is 24.3 Å². The van der Waals surface area contributed by atoms with Crippen molar-refractivity contribution in [2.45, 2.75) is 6.92 Å². The van der Waals surface area contributed by atoms with E-state index in [1.165, 1.54) is 0 Å². The molecule has 0 spiro atoms. The smallest absolute Gasteiger partial charge is 0.259 e. The number of aryl methyl sites for hydroxylation is 1. The van der Waals surface area contributed by atoms with E-state index in [4.69, 9.17) is 0 Å². The lowest BCUT2D eigenvalue weighted by molar-refractivity contribution is 1.13. The van der Waals surface area contributed by atoms with Crippen molar-refractivity contribution in [3.63, 3.8) is 0 Å². The van der Waals surface area contributed by atoms with Crippen LogP contribution < -0.4 is 5.56 Å². The monoisotopic (exact) mass is 287 g/mol. The summed E-state index contributed by atoms with van der Waals surface area (Å²) in [5.41, 5.74) is 2.69. The van der Waals surface area contributed by atoms with Crippen molar-refractivity contribution in [1.29, 1.82) is 5.26 Å². The first-order valence-corrected chi connectivity index (χ1v) is 6.85. The Morgan fingerprint density at radius 2 is 1.91 bits per heavy atom. The predicted octanol–water partition coefficient (Wildman–Crippen LogP) is 3.30. The molecular formula is C18H13N3O. The number of aromatic nitrogens is 2. The lowest BCUT2D eigenvalue weighted by Gasteiger charge is -2.02. The maximum Gasteiger partial charge on any atom is 0.259 e. The third-order valence-corrected chi connectivity index (χ3v) is 3.38. The number of para-hydroxylation sites is 1. The highest BCUT2D eigenvalue weighted by molar-refractivity contribution is 5.89. The van der Waals surface area contributed by atoms with Gasteiger partial charge in [0, 0.05) is 0 Å². The second kappa shape index (κ2) is 5.66. The first kappa shape index (κ1) is 13.8. The van der Waals surface area contributed by atoms with E-state index in [1.807, 2.05) is 37.3 Å². The number of nitrogens with one attached hydrogen (secondary N) is 1. The molecule has 0 saturated carbocycles. The molecule has 0 aliphatic rings. The van der Waals surface area contributed by atoms with Gasteiger partial charge in [-0.15, -0.1) is 0 Å². The fourth-order valence-corrected chi connectivity index (χ4v) is 2.20. The van der Waals surface area contributed by atoms with Crippen LogP contribution in [-0.2, 0) is 0 Å². The zero-order valence-electron chi connectivity index (χ0n) is 12.0. The molecule has 1 aromatic heterocycles. The molecule has 106 valence electrons. The molecule has 2 aromatic carbocycles. The summed E-state index contributed by atoms with van der Waals surface area (Å²) in [6.45, 7) is 2.00. The highest BCUT2D eigenvalue weighted by Crippen LogP contribution is 2.16. The Morgan fingerprint density at radius 1 is 1.18 bits per heavy atom. The minimum absolute atomic E-state index is 0.245. The summed E-state index contributed by atoms with van der Waals surface area (Å²) < 4.78 is 0. The normalized spacial score (nSPS) is 11.4. The van der Waals surface area contributed by atoms with E-state index in [2.05, 4.69) is 16.0 Å². The first-order valence-electron chi connectivity index (χ1n) is 6.85. The molecule has 0 unspecified atom stereocenters. The fraction of sp³-hybridized carbons (Fsp3) is 0.0556. The van der Waals surface area contributed by atoms with Gasteiger partial charge in [0.25, 0.3) is 5.56 Å². The molecule has 4 nitrogen and oxygen atoms in total. The van der Waals surface area contributed by atoms with Crippen molar-refractivity contribution < 1.29 is 0 Å². The Morgan fingerprint density at radius 3 is 2.64 bits per heavy atom. The summed E-state index contributed by atoms with van der Waals surface area (Å²) in [4.78, 5) is 19.1. The molecule has 0 saturated heterocycles. The van der Waals surface area contributed by atoms with Gasteiger partial charge in [-0.25, -0.2) is 4.98 Å². The molecule has 1 heterocycles. The summed E-state index contributed by atoms with van der Waals surface area (Å²) in [5, 5.41) is 9.89. The van der Waals surface area contributed by atoms with Gasteiger partial charge in [0.05, 0.1) is 16.5 Å². The van der Waals surface area contributed by atoms with E-state index in [0.29, 0.717) is 16.5 Å². The van der Waals surface area contributed by atoms with Crippen molar-refractivity contribution in [3.05, 3.63) is 75.8 Å². The quantitative estimate of drug-likeness (QED) is 0.735. The lowest BCUT2D eigenvalue weighted by Crippen LogP contribution is -2.11. The van der Waals surface area contributed by atoms with Gasteiger partial charge in [-0.3, -0.25) is 4.79 Å². The molecule has 0 radical (unpaired) electrons. The maximum absolute atomic E-state index is 12.1. The molecular weight excluding hydrogens is 274 g/mol. The van der Waals surface area contributed by atoms with E-state index in [0.717, 1.165) is 11.1 Å². The van der Waals surface area contributed by atoms with Crippen LogP contribution in [0.15, 0.2) is 53.3 Å². The van der Waals surface area contributed by atoms with Crippen LogP contribution in [0.25, 0.3) is 22.6 Å². The second-order valence-electron chi connectivity index (χ2n) is 5.01. The zero-order chi connectivity index (χ0) is 15.5. The van der Waals surface area contributed by atoms with Crippen LogP contribution in [0.3, 0.4) is 0 Å². The highest BCUT2D eigenvalue weighted by Gasteiger charge is 2.07. The van der Waals surface area contributed by atoms with Crippen molar-refractivity contribution in [3.8, 4) is 6.07 Å². The minimum Gasteiger partial charge on any atom is -0.305 e. The number of hydrogen-bond donors (Lipinski definition) is 1.